The van der Waals surface area contributed by atoms with Gasteiger partial charge >= 0.3 is 13.1 Å². The lowest BCUT2D eigenvalue weighted by Crippen LogP contribution is -2.46. The van der Waals surface area contributed by atoms with Crippen molar-refractivity contribution in [3.05, 3.63) is 75.5 Å². The molecule has 4 N–H and O–H groups in total. The summed E-state index contributed by atoms with van der Waals surface area (Å²) in [5.74, 6) is 1.07. The molecule has 2 aromatic carbocycles. The number of nitrogens with zero attached hydrogens (tertiary/aromatic N) is 5. The number of fused-ring (bicyclic) bond motifs is 1. The van der Waals surface area contributed by atoms with Gasteiger partial charge in [0.2, 0.25) is 0 Å². The maximum atomic E-state index is 6.58. The Balaban J connectivity index is 1.19. The molecule has 6 rings (SSSR count). The van der Waals surface area contributed by atoms with Gasteiger partial charge in [-0.25, -0.2) is 15.0 Å². The minimum atomic E-state index is -0.620. The Morgan fingerprint density at radius 3 is 2.44 bits per heavy atom. The second-order valence-electron chi connectivity index (χ2n) is 11.7. The summed E-state index contributed by atoms with van der Waals surface area (Å²) in [4.78, 5) is 17.8. The van der Waals surface area contributed by atoms with Gasteiger partial charge in [-0.15, -0.1) is 0 Å². The first-order valence-corrected chi connectivity index (χ1v) is 15.0. The Morgan fingerprint density at radius 1 is 1.00 bits per heavy atom. The highest BCUT2D eigenvalue weighted by Gasteiger charge is 2.55. The van der Waals surface area contributed by atoms with Gasteiger partial charge in [-0.3, -0.25) is 0 Å². The summed E-state index contributed by atoms with van der Waals surface area (Å²) in [6.45, 7) is 10.1. The van der Waals surface area contributed by atoms with Crippen LogP contribution < -0.4 is 21.7 Å². The highest BCUT2D eigenvalue weighted by molar-refractivity contribution is 14.1. The Morgan fingerprint density at radius 2 is 1.74 bits per heavy atom. The first-order chi connectivity index (χ1) is 20.4. The van der Waals surface area contributed by atoms with Crippen LogP contribution >= 0.6 is 22.6 Å². The topological polar surface area (TPSA) is 136 Å². The first-order valence-electron chi connectivity index (χ1n) is 13.9. The summed E-state index contributed by atoms with van der Waals surface area (Å²) in [6.07, 6.45) is 3.86. The zero-order chi connectivity index (χ0) is 30.7. The molecule has 1 fully saturated rings. The predicted molar refractivity (Wildman–Crippen MR) is 177 cm³/mol. The molecule has 5 aromatic rings. The van der Waals surface area contributed by atoms with E-state index < -0.39 is 18.3 Å². The number of halogens is 1. The number of anilines is 2. The minimum absolute atomic E-state index is 0.273. The molecule has 10 nitrogen and oxygen atoms in total. The van der Waals surface area contributed by atoms with Gasteiger partial charge in [-0.2, -0.15) is 4.98 Å². The molecule has 0 spiro atoms. The smallest absolute Gasteiger partial charge is 0.424 e. The molecule has 0 bridgehead atoms. The fourth-order valence-electron chi connectivity index (χ4n) is 5.50. The summed E-state index contributed by atoms with van der Waals surface area (Å²) in [5.41, 5.74) is 18.3. The second-order valence-corrected chi connectivity index (χ2v) is 12.7. The zero-order valence-corrected chi connectivity index (χ0v) is 27.1. The lowest BCUT2D eigenvalue weighted by Gasteiger charge is -2.36. The average molecular weight is 689 g/mol. The fraction of sp³-hybridized carbons (Fsp3) is 0.290. The lowest BCUT2D eigenvalue weighted by molar-refractivity contribution is -0.00899. The van der Waals surface area contributed by atoms with Crippen molar-refractivity contribution in [2.24, 2.45) is 7.05 Å². The van der Waals surface area contributed by atoms with Crippen LogP contribution in [0.2, 0.25) is 0 Å². The van der Waals surface area contributed by atoms with E-state index in [0.717, 1.165) is 48.1 Å². The molecule has 1 saturated heterocycles. The predicted octanol–water partition coefficient (Wildman–Crippen LogP) is 5.13. The van der Waals surface area contributed by atoms with Crippen LogP contribution in [0.3, 0.4) is 0 Å². The van der Waals surface area contributed by atoms with Gasteiger partial charge in [0.25, 0.3) is 0 Å². The minimum Gasteiger partial charge on any atom is -0.424 e. The number of nitrogen functional groups attached to an aromatic ring is 2. The van der Waals surface area contributed by atoms with Crippen LogP contribution in [-0.4, -0.2) is 42.8 Å². The first kappa shape index (κ1) is 29.3. The molecule has 3 aromatic heterocycles. The molecule has 0 radical (unpaired) electrons. The summed E-state index contributed by atoms with van der Waals surface area (Å²) in [5, 5.41) is 0.834. The van der Waals surface area contributed by atoms with Crippen molar-refractivity contribution in [2.75, 3.05) is 11.5 Å². The number of rotatable bonds is 6. The van der Waals surface area contributed by atoms with Crippen LogP contribution in [0, 0.1) is 17.5 Å². The van der Waals surface area contributed by atoms with E-state index in [0.29, 0.717) is 23.7 Å². The molecule has 0 saturated carbocycles. The van der Waals surface area contributed by atoms with Crippen molar-refractivity contribution in [2.45, 2.75) is 52.2 Å². The fourth-order valence-corrected chi connectivity index (χ4v) is 6.31. The van der Waals surface area contributed by atoms with E-state index >= 15 is 0 Å². The number of hydrogen-bond acceptors (Lipinski definition) is 9. The quantitative estimate of drug-likeness (QED) is 0.141. The molecular formula is C31H33BIN7O3. The van der Waals surface area contributed by atoms with Crippen molar-refractivity contribution in [3.8, 4) is 22.9 Å². The summed E-state index contributed by atoms with van der Waals surface area (Å²) >= 11 is 2.31. The van der Waals surface area contributed by atoms with Crippen molar-refractivity contribution >= 4 is 57.7 Å². The van der Waals surface area contributed by atoms with E-state index in [2.05, 4.69) is 63.3 Å². The number of ether oxygens (including phenoxy) is 1. The lowest BCUT2D eigenvalue weighted by atomic mass is 9.76. The Bertz CT molecular complexity index is 1860. The molecule has 12 heteroatoms. The van der Waals surface area contributed by atoms with Crippen LogP contribution in [0.5, 0.6) is 11.8 Å². The number of aryl methyl sites for hydroxylation is 3. The SMILES string of the molecule is Cc1cc(N)ccc1B1OC(C)(C)C(C)(Cc2cnc(Oc3ccc(-c4c(I)n(C)c5ncnc(N)c45)cc3)nc2C)O1. The van der Waals surface area contributed by atoms with Crippen LogP contribution in [-0.2, 0) is 22.8 Å². The van der Waals surface area contributed by atoms with Gasteiger partial charge in [0.1, 0.15) is 23.5 Å². The molecule has 0 amide bonds. The molecule has 1 atom stereocenters. The molecule has 1 aliphatic heterocycles. The average Bonchev–Trinajstić information content (AvgIpc) is 3.34. The van der Waals surface area contributed by atoms with Crippen molar-refractivity contribution in [1.29, 1.82) is 0 Å². The maximum Gasteiger partial charge on any atom is 0.495 e. The number of benzene rings is 2. The van der Waals surface area contributed by atoms with E-state index in [1.165, 1.54) is 6.33 Å². The van der Waals surface area contributed by atoms with Gasteiger partial charge < -0.3 is 30.1 Å². The van der Waals surface area contributed by atoms with Crippen LogP contribution in [0.25, 0.3) is 22.2 Å². The van der Waals surface area contributed by atoms with Crippen molar-refractivity contribution < 1.29 is 14.0 Å². The van der Waals surface area contributed by atoms with Gasteiger partial charge in [0, 0.05) is 36.6 Å². The van der Waals surface area contributed by atoms with E-state index in [-0.39, 0.29) is 6.01 Å². The van der Waals surface area contributed by atoms with Gasteiger partial charge in [0.15, 0.2) is 0 Å². The molecule has 4 heterocycles. The molecular weight excluding hydrogens is 656 g/mol. The van der Waals surface area contributed by atoms with E-state index in [1.54, 1.807) is 6.20 Å². The van der Waals surface area contributed by atoms with Crippen LogP contribution in [0.15, 0.2) is 55.0 Å². The van der Waals surface area contributed by atoms with Crippen molar-refractivity contribution in [3.63, 3.8) is 0 Å². The zero-order valence-electron chi connectivity index (χ0n) is 25.0. The van der Waals surface area contributed by atoms with E-state index in [9.17, 15) is 0 Å². The maximum absolute atomic E-state index is 6.58. The molecule has 0 aliphatic carbocycles. The molecule has 1 unspecified atom stereocenters. The third-order valence-electron chi connectivity index (χ3n) is 8.45. The third kappa shape index (κ3) is 5.21. The van der Waals surface area contributed by atoms with Gasteiger partial charge in [-0.05, 0) is 104 Å². The van der Waals surface area contributed by atoms with Gasteiger partial charge in [-0.1, -0.05) is 18.2 Å². The largest absolute Gasteiger partial charge is 0.495 e. The van der Waals surface area contributed by atoms with E-state index in [4.69, 9.17) is 25.5 Å². The monoisotopic (exact) mass is 689 g/mol. The Labute approximate surface area is 264 Å². The van der Waals surface area contributed by atoms with Crippen LogP contribution in [0.1, 0.15) is 37.6 Å². The molecule has 1 aliphatic rings. The number of aromatic nitrogens is 5. The van der Waals surface area contributed by atoms with Crippen LogP contribution in [0.4, 0.5) is 11.5 Å². The highest BCUT2D eigenvalue weighted by atomic mass is 127. The highest BCUT2D eigenvalue weighted by Crippen LogP contribution is 2.41. The summed E-state index contributed by atoms with van der Waals surface area (Å²) in [7, 11) is 1.47. The Hall–Kier alpha value is -3.75. The molecule has 220 valence electrons. The third-order valence-corrected chi connectivity index (χ3v) is 9.72. The number of hydrogen-bond donors (Lipinski definition) is 2. The number of nitrogens with two attached hydrogens (primary N) is 2. The van der Waals surface area contributed by atoms with Gasteiger partial charge in [0.05, 0.1) is 20.3 Å². The second kappa shape index (κ2) is 10.8. The normalized spacial score (nSPS) is 18.0. The van der Waals surface area contributed by atoms with Crippen molar-refractivity contribution in [1.82, 2.24) is 24.5 Å². The standard InChI is InChI=1S/C31H33BIN7O3/c1-17-13-21(34)9-12-23(17)32-42-30(3,4)31(5,43-32)14-20-15-36-29(39-18(20)2)41-22-10-7-19(8-11-22)24-25-27(35)37-16-38-28(25)40(6)26(24)33/h7-13,15-16H,14,34H2,1-6H3,(H2,35,37,38). The Kier molecular flexibility index (Phi) is 7.34. The summed E-state index contributed by atoms with van der Waals surface area (Å²) < 4.78 is 22.1. The summed E-state index contributed by atoms with van der Waals surface area (Å²) in [6, 6.07) is 13.8. The molecule has 43 heavy (non-hydrogen) atoms. The van der Waals surface area contributed by atoms with E-state index in [1.807, 2.05) is 67.9 Å².